The number of benzene rings is 5. The topological polar surface area (TPSA) is 122 Å². The highest BCUT2D eigenvalue weighted by molar-refractivity contribution is 6.32. The molecule has 89 heavy (non-hydrogen) atoms. The van der Waals surface area contributed by atoms with E-state index in [1.54, 1.807) is 42.1 Å². The first-order valence-corrected chi connectivity index (χ1v) is 33.0. The first-order valence-electron chi connectivity index (χ1n) is 32.6. The summed E-state index contributed by atoms with van der Waals surface area (Å²) in [5, 5.41) is 3.75. The summed E-state index contributed by atoms with van der Waals surface area (Å²) in [4.78, 5) is 43.9. The zero-order valence-electron chi connectivity index (χ0n) is 53.2. The maximum absolute atomic E-state index is 12.1. The first kappa shape index (κ1) is 63.6. The van der Waals surface area contributed by atoms with Gasteiger partial charge in [-0.05, 0) is 190 Å². The Morgan fingerprint density at radius 2 is 0.978 bits per heavy atom. The molecule has 15 heteroatoms. The number of carbonyl (C=O) groups is 3. The molecule has 4 aliphatic heterocycles. The van der Waals surface area contributed by atoms with Crippen molar-refractivity contribution in [1.29, 1.82) is 0 Å². The number of carbonyl (C=O) groups excluding carboxylic acids is 3. The molecule has 1 saturated carbocycles. The van der Waals surface area contributed by atoms with Crippen molar-refractivity contribution in [1.82, 2.24) is 28.4 Å². The molecule has 2 bridgehead atoms. The van der Waals surface area contributed by atoms with E-state index in [1.165, 1.54) is 62.4 Å². The molecule has 14 nitrogen and oxygen atoms in total. The lowest BCUT2D eigenvalue weighted by Gasteiger charge is -2.39. The number of methoxy groups -OCH3 is 3. The number of piperidine rings is 3. The third kappa shape index (κ3) is 15.6. The molecule has 472 valence electrons. The van der Waals surface area contributed by atoms with E-state index in [1.807, 2.05) is 85.2 Å². The Morgan fingerprint density at radius 3 is 1.51 bits per heavy atom. The maximum atomic E-state index is 12.1. The number of fused-ring (bicyclic) bond motifs is 5. The minimum absolute atomic E-state index is 0.0921. The Balaban J connectivity index is 0.000000138. The monoisotopic (exact) mass is 1230 g/mol. The van der Waals surface area contributed by atoms with Crippen LogP contribution in [0.25, 0.3) is 32.7 Å². The van der Waals surface area contributed by atoms with Crippen molar-refractivity contribution in [3.63, 3.8) is 0 Å². The highest BCUT2D eigenvalue weighted by Crippen LogP contribution is 2.39. The van der Waals surface area contributed by atoms with E-state index >= 15 is 0 Å². The summed E-state index contributed by atoms with van der Waals surface area (Å²) in [6, 6.07) is 37.6. The fraction of sp³-hybridized carbons (Fsp3) is 0.473. The number of likely N-dealkylation sites (tertiary alicyclic amines) is 2. The summed E-state index contributed by atoms with van der Waals surface area (Å²) >= 11 is 6.21. The summed E-state index contributed by atoms with van der Waals surface area (Å²) in [5.41, 5.74) is 7.05. The molecule has 13 rings (SSSR count). The Bertz CT molecular complexity index is 3680. The summed E-state index contributed by atoms with van der Waals surface area (Å²) in [5.74, 6) is 5.20. The van der Waals surface area contributed by atoms with Gasteiger partial charge in [0, 0.05) is 127 Å². The Morgan fingerprint density at radius 1 is 0.483 bits per heavy atom. The Kier molecular flexibility index (Phi) is 21.3. The fourth-order valence-corrected chi connectivity index (χ4v) is 14.5. The molecule has 5 aliphatic rings. The number of hydrogen-bond acceptors (Lipinski definition) is 11. The number of ether oxygens (including phenoxy) is 5. The van der Waals surface area contributed by atoms with Crippen molar-refractivity contribution < 1.29 is 38.1 Å². The smallest absolute Gasteiger partial charge is 0.161 e. The minimum atomic E-state index is 0.0921. The average molecular weight is 1230 g/mol. The maximum Gasteiger partial charge on any atom is 0.161 e. The van der Waals surface area contributed by atoms with Crippen molar-refractivity contribution in [2.24, 2.45) is 5.92 Å². The van der Waals surface area contributed by atoms with Gasteiger partial charge in [0.15, 0.2) is 17.3 Å². The van der Waals surface area contributed by atoms with Crippen LogP contribution in [0.2, 0.25) is 5.02 Å². The van der Waals surface area contributed by atoms with E-state index < -0.39 is 0 Å². The number of para-hydroxylation sites is 3. The first-order chi connectivity index (χ1) is 43.3. The third-order valence-corrected chi connectivity index (χ3v) is 19.7. The lowest BCUT2D eigenvalue weighted by Crippen LogP contribution is -2.46. The van der Waals surface area contributed by atoms with Crippen molar-refractivity contribution in [2.75, 3.05) is 73.7 Å². The minimum Gasteiger partial charge on any atom is -0.497 e. The molecule has 0 spiro atoms. The van der Waals surface area contributed by atoms with E-state index in [9.17, 15) is 14.4 Å². The summed E-state index contributed by atoms with van der Waals surface area (Å²) in [6.07, 6.45) is 20.9. The lowest BCUT2D eigenvalue weighted by molar-refractivity contribution is -0.0244. The van der Waals surface area contributed by atoms with Crippen LogP contribution in [0.3, 0.4) is 0 Å². The van der Waals surface area contributed by atoms with Crippen LogP contribution < -0.4 is 18.9 Å². The van der Waals surface area contributed by atoms with E-state index in [0.717, 1.165) is 171 Å². The molecule has 4 saturated heterocycles. The molecule has 2 unspecified atom stereocenters. The lowest BCUT2D eigenvalue weighted by atomic mass is 9.89. The van der Waals surface area contributed by atoms with E-state index in [-0.39, 0.29) is 23.5 Å². The summed E-state index contributed by atoms with van der Waals surface area (Å²) < 4.78 is 35.3. The number of aromatic nitrogens is 3. The molecule has 7 heterocycles. The molecule has 0 radical (unpaired) electrons. The van der Waals surface area contributed by atoms with Crippen LogP contribution in [0.15, 0.2) is 128 Å². The fourth-order valence-electron chi connectivity index (χ4n) is 14.3. The second kappa shape index (κ2) is 29.8. The molecule has 0 N–H and O–H groups in total. The molecule has 5 aromatic carbocycles. The van der Waals surface area contributed by atoms with Gasteiger partial charge in [-0.25, -0.2) is 0 Å². The SMILES string of the molecule is CC(=O)c1cn(CCN2C3CCC2CC(OCC2CC2)C3)c2ccccc12.COc1ccc2c(C(C)=O)cn(CCCN3CCC(Oc4ccccc4Cl)CC3)c2c1.COc1ccc2c(C(C)=O)cn(CCCN3CCC(c4ccccc4OC)CC3)c2c1. The number of hydrogen-bond donors (Lipinski definition) is 0. The van der Waals surface area contributed by atoms with Crippen LogP contribution in [-0.2, 0) is 24.4 Å². The Hall–Kier alpha value is -6.94. The number of nitrogens with zero attached hydrogens (tertiary/aromatic N) is 6. The van der Waals surface area contributed by atoms with E-state index in [4.69, 9.17) is 35.3 Å². The van der Waals surface area contributed by atoms with Crippen molar-refractivity contribution in [3.8, 4) is 23.0 Å². The van der Waals surface area contributed by atoms with Crippen LogP contribution in [0.5, 0.6) is 23.0 Å². The van der Waals surface area contributed by atoms with Crippen molar-refractivity contribution in [3.05, 3.63) is 155 Å². The zero-order valence-corrected chi connectivity index (χ0v) is 53.9. The van der Waals surface area contributed by atoms with Crippen LogP contribution in [-0.4, -0.2) is 144 Å². The second-order valence-electron chi connectivity index (χ2n) is 25.3. The predicted molar refractivity (Wildman–Crippen MR) is 356 cm³/mol. The highest BCUT2D eigenvalue weighted by atomic mass is 35.5. The van der Waals surface area contributed by atoms with Gasteiger partial charge in [0.05, 0.1) is 43.5 Å². The molecular weight excluding hydrogens is 1140 g/mol. The predicted octanol–water partition coefficient (Wildman–Crippen LogP) is 14.8. The molecule has 2 atom stereocenters. The standard InChI is InChI=1S/C26H32N2O3.C25H29ClN2O3.C23H30N2O2/c1-19(29)24-18-28(25-17-21(30-2)9-10-23(24)25)14-6-13-27-15-11-20(12-16-27)22-7-4-5-8-26(22)31-3;1-18(29)22-17-28(24-16-20(30-2)8-9-21(22)24)13-5-12-27-14-10-19(11-15-27)31-25-7-4-3-6-23(25)26;1-16(26)22-14-24(23-5-3-2-4-21(22)23)10-11-25-18-8-9-19(25)13-20(12-18)27-15-17-6-7-17/h4-5,7-10,17-18,20H,6,11-16H2,1-3H3;3-4,6-9,16-17,19H,5,10-15H2,1-2H3;2-5,14,17-20H,6-13,15H2,1H3. The van der Waals surface area contributed by atoms with Gasteiger partial charge < -0.3 is 47.2 Å². The zero-order chi connectivity index (χ0) is 62.0. The van der Waals surface area contributed by atoms with Gasteiger partial charge in [-0.2, -0.15) is 0 Å². The molecular formula is C74H91ClN6O8. The highest BCUT2D eigenvalue weighted by Gasteiger charge is 2.41. The van der Waals surface area contributed by atoms with E-state index in [2.05, 4.69) is 71.0 Å². The number of Topliss-reactive ketones (excluding diaryl/α,β-unsaturated/α-hetero) is 3. The van der Waals surface area contributed by atoms with Gasteiger partial charge in [0.25, 0.3) is 0 Å². The number of halogens is 1. The molecule has 3 aromatic heterocycles. The normalized spacial score (nSPS) is 19.2. The van der Waals surface area contributed by atoms with Gasteiger partial charge in [0.2, 0.25) is 0 Å². The largest absolute Gasteiger partial charge is 0.497 e. The van der Waals surface area contributed by atoms with Crippen molar-refractivity contribution in [2.45, 2.75) is 148 Å². The summed E-state index contributed by atoms with van der Waals surface area (Å²) in [6.45, 7) is 16.1. The Labute approximate surface area is 530 Å². The van der Waals surface area contributed by atoms with Crippen LogP contribution in [0.4, 0.5) is 0 Å². The molecule has 0 amide bonds. The van der Waals surface area contributed by atoms with Crippen LogP contribution in [0.1, 0.15) is 140 Å². The van der Waals surface area contributed by atoms with Crippen LogP contribution in [0, 0.1) is 5.92 Å². The molecule has 8 aromatic rings. The number of rotatable bonds is 23. The molecule has 5 fully saturated rings. The number of aryl methyl sites for hydroxylation is 2. The van der Waals surface area contributed by atoms with Gasteiger partial charge in [0.1, 0.15) is 29.1 Å². The van der Waals surface area contributed by atoms with Gasteiger partial charge in [-0.1, -0.05) is 60.1 Å². The number of ketones is 3. The molecule has 1 aliphatic carbocycles. The van der Waals surface area contributed by atoms with Crippen molar-refractivity contribution >= 4 is 61.7 Å². The van der Waals surface area contributed by atoms with Gasteiger partial charge in [-0.3, -0.25) is 19.3 Å². The summed E-state index contributed by atoms with van der Waals surface area (Å²) in [7, 11) is 5.10. The third-order valence-electron chi connectivity index (χ3n) is 19.4. The van der Waals surface area contributed by atoms with Gasteiger partial charge >= 0.3 is 0 Å². The van der Waals surface area contributed by atoms with Crippen LogP contribution >= 0.6 is 11.6 Å². The quantitative estimate of drug-likeness (QED) is 0.0569. The van der Waals surface area contributed by atoms with Gasteiger partial charge in [-0.15, -0.1) is 0 Å². The average Bonchev–Trinajstić information content (AvgIpc) is 1.76. The van der Waals surface area contributed by atoms with E-state index in [0.29, 0.717) is 29.1 Å². The second-order valence-corrected chi connectivity index (χ2v) is 25.7.